The number of nitriles is 1. The molecule has 0 aromatic carbocycles. The molecule has 0 aliphatic heterocycles. The fraction of sp³-hybridized carbons (Fsp3) is 0.889. The normalized spacial score (nSPS) is 31.0. The SMILES string of the molecule is CCC(CC#N)NC1CC1C. The minimum absolute atomic E-state index is 0.426. The summed E-state index contributed by atoms with van der Waals surface area (Å²) in [4.78, 5) is 0. The summed E-state index contributed by atoms with van der Waals surface area (Å²) in [5, 5.41) is 11.9. The molecule has 1 fully saturated rings. The third-order valence-corrected chi connectivity index (χ3v) is 2.39. The van der Waals surface area contributed by atoms with Crippen LogP contribution in [0.5, 0.6) is 0 Å². The summed E-state index contributed by atoms with van der Waals surface area (Å²) in [6, 6.07) is 3.33. The number of hydrogen-bond donors (Lipinski definition) is 1. The van der Waals surface area contributed by atoms with Crippen LogP contribution in [0.3, 0.4) is 0 Å². The lowest BCUT2D eigenvalue weighted by molar-refractivity contribution is 0.490. The van der Waals surface area contributed by atoms with Gasteiger partial charge in [0, 0.05) is 12.1 Å². The van der Waals surface area contributed by atoms with Gasteiger partial charge in [0.1, 0.15) is 0 Å². The van der Waals surface area contributed by atoms with Crippen molar-refractivity contribution in [3.63, 3.8) is 0 Å². The van der Waals surface area contributed by atoms with Crippen molar-refractivity contribution in [3.8, 4) is 6.07 Å². The summed E-state index contributed by atoms with van der Waals surface area (Å²) in [5.41, 5.74) is 0. The van der Waals surface area contributed by atoms with Crippen LogP contribution in [-0.2, 0) is 0 Å². The van der Waals surface area contributed by atoms with Crippen LogP contribution in [0.2, 0.25) is 0 Å². The van der Waals surface area contributed by atoms with Gasteiger partial charge in [-0.25, -0.2) is 0 Å². The van der Waals surface area contributed by atoms with Gasteiger partial charge in [-0.1, -0.05) is 13.8 Å². The van der Waals surface area contributed by atoms with E-state index in [9.17, 15) is 0 Å². The predicted molar refractivity (Wildman–Crippen MR) is 45.0 cm³/mol. The first-order chi connectivity index (χ1) is 5.27. The third kappa shape index (κ3) is 2.51. The number of hydrogen-bond acceptors (Lipinski definition) is 2. The van der Waals surface area contributed by atoms with E-state index >= 15 is 0 Å². The van der Waals surface area contributed by atoms with Gasteiger partial charge in [0.15, 0.2) is 0 Å². The van der Waals surface area contributed by atoms with Crippen LogP contribution < -0.4 is 5.32 Å². The van der Waals surface area contributed by atoms with Gasteiger partial charge >= 0.3 is 0 Å². The molecule has 3 atom stereocenters. The van der Waals surface area contributed by atoms with Gasteiger partial charge in [-0.15, -0.1) is 0 Å². The smallest absolute Gasteiger partial charge is 0.0638 e. The highest BCUT2D eigenvalue weighted by atomic mass is 15.0. The highest BCUT2D eigenvalue weighted by Crippen LogP contribution is 2.29. The molecule has 1 rings (SSSR count). The number of nitrogens with one attached hydrogen (secondary N) is 1. The zero-order chi connectivity index (χ0) is 8.27. The van der Waals surface area contributed by atoms with Gasteiger partial charge in [0.25, 0.3) is 0 Å². The minimum atomic E-state index is 0.426. The lowest BCUT2D eigenvalue weighted by Crippen LogP contribution is -2.30. The quantitative estimate of drug-likeness (QED) is 0.665. The second kappa shape index (κ2) is 3.73. The lowest BCUT2D eigenvalue weighted by atomic mass is 10.1. The van der Waals surface area contributed by atoms with Crippen molar-refractivity contribution in [1.29, 1.82) is 5.26 Å². The zero-order valence-electron chi connectivity index (χ0n) is 7.30. The van der Waals surface area contributed by atoms with Gasteiger partial charge in [-0.05, 0) is 18.8 Å². The molecular weight excluding hydrogens is 136 g/mol. The molecule has 0 spiro atoms. The highest BCUT2D eigenvalue weighted by molar-refractivity contribution is 4.93. The molecule has 11 heavy (non-hydrogen) atoms. The molecule has 0 bridgehead atoms. The molecule has 0 radical (unpaired) electrons. The van der Waals surface area contributed by atoms with Crippen LogP contribution in [0.15, 0.2) is 0 Å². The molecular formula is C9H16N2. The summed E-state index contributed by atoms with van der Waals surface area (Å²) in [6.45, 7) is 4.37. The van der Waals surface area contributed by atoms with Gasteiger partial charge in [-0.3, -0.25) is 0 Å². The summed E-state index contributed by atoms with van der Waals surface area (Å²) >= 11 is 0. The van der Waals surface area contributed by atoms with Gasteiger partial charge in [0.05, 0.1) is 12.5 Å². The average molecular weight is 152 g/mol. The van der Waals surface area contributed by atoms with Gasteiger partial charge < -0.3 is 5.32 Å². The van der Waals surface area contributed by atoms with Crippen molar-refractivity contribution >= 4 is 0 Å². The molecule has 1 aliphatic carbocycles. The molecule has 0 saturated heterocycles. The molecule has 1 saturated carbocycles. The van der Waals surface area contributed by atoms with Crippen LogP contribution in [-0.4, -0.2) is 12.1 Å². The highest BCUT2D eigenvalue weighted by Gasteiger charge is 2.33. The molecule has 2 heteroatoms. The van der Waals surface area contributed by atoms with E-state index in [1.165, 1.54) is 6.42 Å². The van der Waals surface area contributed by atoms with Crippen LogP contribution >= 0.6 is 0 Å². The first kappa shape index (κ1) is 8.55. The summed E-state index contributed by atoms with van der Waals surface area (Å²) in [5.74, 6) is 0.836. The lowest BCUT2D eigenvalue weighted by Gasteiger charge is -2.12. The fourth-order valence-electron chi connectivity index (χ4n) is 1.29. The van der Waals surface area contributed by atoms with E-state index in [1.54, 1.807) is 0 Å². The second-order valence-corrected chi connectivity index (χ2v) is 3.45. The standard InChI is InChI=1S/C9H16N2/c1-3-8(4-5-10)11-9-6-7(9)2/h7-9,11H,3-4,6H2,1-2H3. The van der Waals surface area contributed by atoms with Crippen molar-refractivity contribution in [2.75, 3.05) is 0 Å². The van der Waals surface area contributed by atoms with Crippen LogP contribution in [0.4, 0.5) is 0 Å². The molecule has 0 heterocycles. The molecule has 1 aliphatic rings. The Hall–Kier alpha value is -0.550. The molecule has 3 unspecified atom stereocenters. The van der Waals surface area contributed by atoms with E-state index in [2.05, 4.69) is 25.2 Å². The van der Waals surface area contributed by atoms with Crippen molar-refractivity contribution in [2.24, 2.45) is 5.92 Å². The Morgan fingerprint density at radius 2 is 2.36 bits per heavy atom. The van der Waals surface area contributed by atoms with Crippen molar-refractivity contribution in [3.05, 3.63) is 0 Å². The Morgan fingerprint density at radius 3 is 2.73 bits per heavy atom. The predicted octanol–water partition coefficient (Wildman–Crippen LogP) is 1.68. The van der Waals surface area contributed by atoms with E-state index in [-0.39, 0.29) is 0 Å². The van der Waals surface area contributed by atoms with E-state index in [0.717, 1.165) is 12.3 Å². The maximum absolute atomic E-state index is 8.48. The maximum Gasteiger partial charge on any atom is 0.0638 e. The molecule has 2 nitrogen and oxygen atoms in total. The topological polar surface area (TPSA) is 35.8 Å². The molecule has 62 valence electrons. The Labute approximate surface area is 68.6 Å². The van der Waals surface area contributed by atoms with E-state index in [0.29, 0.717) is 18.5 Å². The van der Waals surface area contributed by atoms with E-state index in [1.807, 2.05) is 0 Å². The second-order valence-electron chi connectivity index (χ2n) is 3.45. The Morgan fingerprint density at radius 1 is 1.73 bits per heavy atom. The summed E-state index contributed by atoms with van der Waals surface area (Å²) in [7, 11) is 0. The van der Waals surface area contributed by atoms with Crippen molar-refractivity contribution in [2.45, 2.75) is 45.2 Å². The van der Waals surface area contributed by atoms with E-state index in [4.69, 9.17) is 5.26 Å². The van der Waals surface area contributed by atoms with E-state index < -0.39 is 0 Å². The van der Waals surface area contributed by atoms with Gasteiger partial charge in [0.2, 0.25) is 0 Å². The Kier molecular flexibility index (Phi) is 2.90. The Bertz CT molecular complexity index is 159. The van der Waals surface area contributed by atoms with Crippen molar-refractivity contribution < 1.29 is 0 Å². The molecule has 1 N–H and O–H groups in total. The summed E-state index contributed by atoms with van der Waals surface area (Å²) in [6.07, 6.45) is 3.01. The minimum Gasteiger partial charge on any atom is -0.310 e. The monoisotopic (exact) mass is 152 g/mol. The maximum atomic E-state index is 8.48. The van der Waals surface area contributed by atoms with Gasteiger partial charge in [-0.2, -0.15) is 5.26 Å². The fourth-order valence-corrected chi connectivity index (χ4v) is 1.29. The van der Waals surface area contributed by atoms with Crippen molar-refractivity contribution in [1.82, 2.24) is 5.32 Å². The number of rotatable bonds is 4. The largest absolute Gasteiger partial charge is 0.310 e. The van der Waals surface area contributed by atoms with Crippen LogP contribution in [0.25, 0.3) is 0 Å². The number of nitrogens with zero attached hydrogens (tertiary/aromatic N) is 1. The molecule has 0 aromatic rings. The van der Waals surface area contributed by atoms with Crippen LogP contribution in [0.1, 0.15) is 33.1 Å². The Balaban J connectivity index is 2.17. The molecule has 0 amide bonds. The zero-order valence-corrected chi connectivity index (χ0v) is 7.30. The first-order valence-electron chi connectivity index (χ1n) is 4.41. The first-order valence-corrected chi connectivity index (χ1v) is 4.41. The van der Waals surface area contributed by atoms with Crippen LogP contribution in [0, 0.1) is 17.2 Å². The average Bonchev–Trinajstić information content (AvgIpc) is 2.66. The molecule has 0 aromatic heterocycles. The summed E-state index contributed by atoms with van der Waals surface area (Å²) < 4.78 is 0. The third-order valence-electron chi connectivity index (χ3n) is 2.39.